The van der Waals surface area contributed by atoms with E-state index in [1.807, 2.05) is 0 Å². The fourth-order valence-electron chi connectivity index (χ4n) is 1.51. The number of furan rings is 1. The zero-order valence-electron chi connectivity index (χ0n) is 8.32. The summed E-state index contributed by atoms with van der Waals surface area (Å²) >= 11 is 5.82. The molecule has 0 aromatic carbocycles. The van der Waals surface area contributed by atoms with Gasteiger partial charge < -0.3 is 15.1 Å². The van der Waals surface area contributed by atoms with Crippen molar-refractivity contribution in [3.05, 3.63) is 27.9 Å². The van der Waals surface area contributed by atoms with Gasteiger partial charge in [-0.15, -0.1) is 0 Å². The Balaban J connectivity index is 2.31. The summed E-state index contributed by atoms with van der Waals surface area (Å²) in [5.41, 5.74) is 6.07. The Bertz CT molecular complexity index is 756. The molecule has 0 aliphatic rings. The number of nitrogens with two attached hydrogens (primary N) is 1. The number of nitrogens with one attached hydrogen (secondary N) is 2. The molecule has 0 fully saturated rings. The number of H-pyrrole nitrogens is 2. The fourth-order valence-corrected chi connectivity index (χ4v) is 1.72. The Kier molecular flexibility index (Phi) is 1.96. The molecule has 0 amide bonds. The van der Waals surface area contributed by atoms with Crippen molar-refractivity contribution in [2.45, 2.75) is 0 Å². The molecule has 0 atom stereocenters. The minimum Gasteiger partial charge on any atom is -0.452 e. The molecule has 0 aliphatic carbocycles. The number of aromatic nitrogens is 4. The topological polar surface area (TPSA) is 114 Å². The highest BCUT2D eigenvalue weighted by molar-refractivity contribution is 6.31. The van der Waals surface area contributed by atoms with Crippen LogP contribution in [0.3, 0.4) is 0 Å². The first-order valence-corrected chi connectivity index (χ1v) is 5.02. The first kappa shape index (κ1) is 9.91. The lowest BCUT2D eigenvalue weighted by atomic mass is 10.3. The molecule has 3 aromatic rings. The van der Waals surface area contributed by atoms with E-state index < -0.39 is 0 Å². The lowest BCUT2D eigenvalue weighted by Gasteiger charge is -1.89. The molecule has 0 bridgehead atoms. The Morgan fingerprint density at radius 3 is 2.88 bits per heavy atom. The molecule has 3 aromatic heterocycles. The third-order valence-corrected chi connectivity index (χ3v) is 2.55. The normalized spacial score (nSPS) is 11.1. The van der Waals surface area contributed by atoms with E-state index in [1.165, 1.54) is 6.26 Å². The molecule has 0 saturated carbocycles. The van der Waals surface area contributed by atoms with Gasteiger partial charge in [0.15, 0.2) is 11.2 Å². The predicted octanol–water partition coefficient (Wildman–Crippen LogP) is 1.14. The molecule has 0 spiro atoms. The standard InChI is InChI=1S/C9H6ClN5O2/c10-5-3(1-2-17-5)6-12-4-7(13-6)14-9(11)15-8(4)16/h1-2H,(H4,11,12,13,14,15,16). The summed E-state index contributed by atoms with van der Waals surface area (Å²) in [5, 5.41) is 0.188. The van der Waals surface area contributed by atoms with Gasteiger partial charge in [0.25, 0.3) is 5.56 Å². The second-order valence-corrected chi connectivity index (χ2v) is 3.69. The van der Waals surface area contributed by atoms with Crippen molar-refractivity contribution in [3.8, 4) is 11.4 Å². The molecular formula is C9H6ClN5O2. The highest BCUT2D eigenvalue weighted by atomic mass is 35.5. The zero-order valence-corrected chi connectivity index (χ0v) is 9.08. The summed E-state index contributed by atoms with van der Waals surface area (Å²) in [6.07, 6.45) is 1.43. The number of imidazole rings is 1. The van der Waals surface area contributed by atoms with E-state index in [-0.39, 0.29) is 27.9 Å². The van der Waals surface area contributed by atoms with Crippen LogP contribution in [0.1, 0.15) is 0 Å². The van der Waals surface area contributed by atoms with Gasteiger partial charge in [0.2, 0.25) is 11.2 Å². The number of nitrogen functional groups attached to an aromatic ring is 1. The Morgan fingerprint density at radius 1 is 1.35 bits per heavy atom. The average molecular weight is 252 g/mol. The van der Waals surface area contributed by atoms with Crippen molar-refractivity contribution in [2.24, 2.45) is 0 Å². The van der Waals surface area contributed by atoms with Crippen LogP contribution in [-0.4, -0.2) is 19.9 Å². The van der Waals surface area contributed by atoms with Gasteiger partial charge in [-0.05, 0) is 17.7 Å². The minimum atomic E-state index is -0.383. The zero-order chi connectivity index (χ0) is 12.0. The number of hydrogen-bond acceptors (Lipinski definition) is 5. The number of rotatable bonds is 1. The van der Waals surface area contributed by atoms with Crippen LogP contribution in [0.15, 0.2) is 21.5 Å². The SMILES string of the molecule is Nc1nc2nc(-c3ccoc3Cl)[nH]c2c(=O)[nH]1. The van der Waals surface area contributed by atoms with Crippen LogP contribution in [0.4, 0.5) is 5.95 Å². The predicted molar refractivity (Wildman–Crippen MR) is 61.6 cm³/mol. The summed E-state index contributed by atoms with van der Waals surface area (Å²) in [7, 11) is 0. The average Bonchev–Trinajstić information content (AvgIpc) is 2.83. The molecule has 3 rings (SSSR count). The lowest BCUT2D eigenvalue weighted by molar-refractivity contribution is 0.570. The summed E-state index contributed by atoms with van der Waals surface area (Å²) in [5.74, 6) is 0.418. The highest BCUT2D eigenvalue weighted by Gasteiger charge is 2.14. The maximum absolute atomic E-state index is 11.6. The number of aromatic amines is 2. The molecule has 17 heavy (non-hydrogen) atoms. The van der Waals surface area contributed by atoms with E-state index >= 15 is 0 Å². The van der Waals surface area contributed by atoms with Crippen molar-refractivity contribution < 1.29 is 4.42 Å². The van der Waals surface area contributed by atoms with E-state index in [1.54, 1.807) is 6.07 Å². The third kappa shape index (κ3) is 1.48. The highest BCUT2D eigenvalue weighted by Crippen LogP contribution is 2.27. The molecule has 3 heterocycles. The quantitative estimate of drug-likeness (QED) is 0.600. The fraction of sp³-hybridized carbons (Fsp3) is 0. The van der Waals surface area contributed by atoms with E-state index in [0.717, 1.165) is 0 Å². The smallest absolute Gasteiger partial charge is 0.278 e. The van der Waals surface area contributed by atoms with Crippen LogP contribution >= 0.6 is 11.6 Å². The molecule has 0 unspecified atom stereocenters. The van der Waals surface area contributed by atoms with Crippen molar-refractivity contribution in [1.29, 1.82) is 0 Å². The van der Waals surface area contributed by atoms with E-state index in [2.05, 4.69) is 19.9 Å². The van der Waals surface area contributed by atoms with Crippen LogP contribution in [0.2, 0.25) is 5.22 Å². The maximum atomic E-state index is 11.6. The first-order valence-electron chi connectivity index (χ1n) is 4.64. The van der Waals surface area contributed by atoms with Gasteiger partial charge in [-0.2, -0.15) is 4.98 Å². The van der Waals surface area contributed by atoms with Gasteiger partial charge in [-0.1, -0.05) is 0 Å². The Hall–Kier alpha value is -2.28. The van der Waals surface area contributed by atoms with Crippen molar-refractivity contribution in [1.82, 2.24) is 19.9 Å². The molecule has 86 valence electrons. The maximum Gasteiger partial charge on any atom is 0.278 e. The second kappa shape index (κ2) is 3.36. The summed E-state index contributed by atoms with van der Waals surface area (Å²) in [6.45, 7) is 0. The number of nitrogens with zero attached hydrogens (tertiary/aromatic N) is 2. The van der Waals surface area contributed by atoms with Crippen molar-refractivity contribution in [2.75, 3.05) is 5.73 Å². The number of fused-ring (bicyclic) bond motifs is 1. The lowest BCUT2D eigenvalue weighted by Crippen LogP contribution is -2.10. The molecular weight excluding hydrogens is 246 g/mol. The number of anilines is 1. The summed E-state index contributed by atoms with van der Waals surface area (Å²) < 4.78 is 4.94. The van der Waals surface area contributed by atoms with Gasteiger partial charge in [-0.25, -0.2) is 4.98 Å². The van der Waals surface area contributed by atoms with E-state index in [9.17, 15) is 4.79 Å². The largest absolute Gasteiger partial charge is 0.452 e. The number of hydrogen-bond donors (Lipinski definition) is 3. The molecule has 0 aliphatic heterocycles. The van der Waals surface area contributed by atoms with Gasteiger partial charge in [0, 0.05) is 0 Å². The van der Waals surface area contributed by atoms with Gasteiger partial charge in [0.1, 0.15) is 5.82 Å². The van der Waals surface area contributed by atoms with E-state index in [4.69, 9.17) is 21.8 Å². The molecule has 0 saturated heterocycles. The van der Waals surface area contributed by atoms with Crippen LogP contribution in [-0.2, 0) is 0 Å². The second-order valence-electron chi connectivity index (χ2n) is 3.34. The Morgan fingerprint density at radius 2 is 2.18 bits per heavy atom. The van der Waals surface area contributed by atoms with Crippen LogP contribution in [0.5, 0.6) is 0 Å². The van der Waals surface area contributed by atoms with Gasteiger partial charge in [-0.3, -0.25) is 9.78 Å². The molecule has 4 N–H and O–H groups in total. The monoisotopic (exact) mass is 251 g/mol. The van der Waals surface area contributed by atoms with E-state index in [0.29, 0.717) is 11.4 Å². The van der Waals surface area contributed by atoms with Crippen LogP contribution in [0.25, 0.3) is 22.6 Å². The van der Waals surface area contributed by atoms with Crippen LogP contribution < -0.4 is 11.3 Å². The van der Waals surface area contributed by atoms with Crippen molar-refractivity contribution >= 4 is 28.7 Å². The first-order chi connectivity index (χ1) is 8.15. The third-order valence-electron chi connectivity index (χ3n) is 2.25. The minimum absolute atomic E-state index is 0.0128. The van der Waals surface area contributed by atoms with Crippen molar-refractivity contribution in [3.63, 3.8) is 0 Å². The molecule has 0 radical (unpaired) electrons. The molecule has 8 heteroatoms. The number of halogens is 1. The summed E-state index contributed by atoms with van der Waals surface area (Å²) in [6, 6.07) is 1.64. The van der Waals surface area contributed by atoms with Gasteiger partial charge in [0.05, 0.1) is 11.8 Å². The summed E-state index contributed by atoms with van der Waals surface area (Å²) in [4.78, 5) is 24.8. The van der Waals surface area contributed by atoms with Gasteiger partial charge >= 0.3 is 0 Å². The molecule has 7 nitrogen and oxygen atoms in total. The Labute approximate surface area is 98.6 Å². The van der Waals surface area contributed by atoms with Crippen LogP contribution in [0, 0.1) is 0 Å².